The van der Waals surface area contributed by atoms with Gasteiger partial charge in [-0.25, -0.2) is 0 Å². The van der Waals surface area contributed by atoms with Crippen molar-refractivity contribution in [2.45, 2.75) is 0 Å². The van der Waals surface area contributed by atoms with Crippen LogP contribution in [0, 0.1) is 0 Å². The van der Waals surface area contributed by atoms with Crippen LogP contribution in [0.4, 0.5) is 0 Å². The van der Waals surface area contributed by atoms with Crippen LogP contribution < -0.4 is 0 Å². The fraction of sp³-hybridized carbons (Fsp3) is 0. The van der Waals surface area contributed by atoms with Crippen molar-refractivity contribution in [1.29, 1.82) is 0 Å². The highest BCUT2D eigenvalue weighted by molar-refractivity contribution is 7.33. The van der Waals surface area contributed by atoms with Crippen molar-refractivity contribution >= 4 is 119 Å². The summed E-state index contributed by atoms with van der Waals surface area (Å²) in [5, 5.41) is 12.6. The zero-order valence-electron chi connectivity index (χ0n) is 32.0. The molecule has 0 atom stereocenters. The van der Waals surface area contributed by atoms with Gasteiger partial charge in [-0.1, -0.05) is 190 Å². The summed E-state index contributed by atoms with van der Waals surface area (Å²) in [4.78, 5) is 0. The Labute approximate surface area is 346 Å². The fourth-order valence-corrected chi connectivity index (χ4v) is 11.5. The molecule has 0 bridgehead atoms. The Morgan fingerprint density at radius 2 is 0.983 bits per heavy atom. The van der Waals surface area contributed by atoms with Gasteiger partial charge in [-0.2, -0.15) is 0 Å². The van der Waals surface area contributed by atoms with Crippen molar-refractivity contribution < 1.29 is 0 Å². The first-order valence-electron chi connectivity index (χ1n) is 19.5. The lowest BCUT2D eigenvalue weighted by Crippen LogP contribution is -1.95. The molecule has 0 unspecified atom stereocenters. The summed E-state index contributed by atoms with van der Waals surface area (Å²) >= 11 is 3.82. The second-order valence-electron chi connectivity index (χ2n) is 14.5. The van der Waals surface area contributed by atoms with Crippen molar-refractivity contribution in [3.05, 3.63) is 218 Å². The summed E-state index contributed by atoms with van der Waals surface area (Å²) < 4.78 is 5.36. The first kappa shape index (κ1) is 35.6. The smallest absolute Gasteiger partial charge is 0.0540 e. The predicted molar refractivity (Wildman–Crippen MR) is 262 cm³/mol. The van der Waals surface area contributed by atoms with Gasteiger partial charge in [0, 0.05) is 30.9 Å². The topological polar surface area (TPSA) is 0 Å². The van der Waals surface area contributed by atoms with Gasteiger partial charge in [-0.3, -0.25) is 0 Å². The molecule has 0 nitrogen and oxygen atoms in total. The molecule has 2 aromatic heterocycles. The molecule has 0 fully saturated rings. The molecule has 2 heterocycles. The van der Waals surface area contributed by atoms with Crippen molar-refractivity contribution in [2.24, 2.45) is 0 Å². The molecule has 0 radical (unpaired) electrons. The lowest BCUT2D eigenvalue weighted by molar-refractivity contribution is 1.60. The number of benzene rings is 8. The normalized spacial score (nSPS) is 12.6. The summed E-state index contributed by atoms with van der Waals surface area (Å²) in [6.45, 7) is 16.6. The highest BCUT2D eigenvalue weighted by Crippen LogP contribution is 2.50. The number of thiophene rings is 2. The highest BCUT2D eigenvalue weighted by atomic mass is 32.1. The lowest BCUT2D eigenvalue weighted by atomic mass is 9.83. The van der Waals surface area contributed by atoms with Gasteiger partial charge in [0.15, 0.2) is 0 Å². The summed E-state index contributed by atoms with van der Waals surface area (Å²) in [7, 11) is 0. The maximum Gasteiger partial charge on any atom is 0.0540 e. The van der Waals surface area contributed by atoms with Gasteiger partial charge in [0.2, 0.25) is 0 Å². The van der Waals surface area contributed by atoms with Gasteiger partial charge in [0.1, 0.15) is 0 Å². The van der Waals surface area contributed by atoms with E-state index in [1.165, 1.54) is 83.8 Å². The van der Waals surface area contributed by atoms with Crippen LogP contribution in [-0.2, 0) is 0 Å². The Balaban J connectivity index is 1.16. The SMILES string of the molecule is C=C/C=C(/C=C\C(=C\C=C)c1c2ccccc2c(-c2cccc(C=C)c2C=C)c2ccccc12)c1ccc2sc3c4sc5ccccc5c4c4ccccc4c3c2c1. The van der Waals surface area contributed by atoms with Crippen molar-refractivity contribution in [2.75, 3.05) is 0 Å². The molecule has 0 N–H and O–H groups in total. The number of hydrogen-bond donors (Lipinski definition) is 0. The first-order valence-corrected chi connectivity index (χ1v) is 21.1. The minimum Gasteiger partial charge on any atom is -0.134 e. The van der Waals surface area contributed by atoms with Crippen LogP contribution in [0.2, 0.25) is 0 Å². The summed E-state index contributed by atoms with van der Waals surface area (Å²) in [6.07, 6.45) is 16.3. The average Bonchev–Trinajstić information content (AvgIpc) is 3.86. The van der Waals surface area contributed by atoms with Gasteiger partial charge in [-0.05, 0) is 95.0 Å². The molecular formula is C56H38S2. The van der Waals surface area contributed by atoms with Gasteiger partial charge in [0.25, 0.3) is 0 Å². The monoisotopic (exact) mass is 774 g/mol. The highest BCUT2D eigenvalue weighted by Gasteiger charge is 2.20. The molecule has 8 aromatic carbocycles. The van der Waals surface area contributed by atoms with Gasteiger partial charge >= 0.3 is 0 Å². The van der Waals surface area contributed by atoms with Gasteiger partial charge < -0.3 is 0 Å². The van der Waals surface area contributed by atoms with Crippen LogP contribution in [0.25, 0.3) is 107 Å². The summed E-state index contributed by atoms with van der Waals surface area (Å²) in [5.41, 5.74) is 8.96. The maximum atomic E-state index is 4.21. The number of hydrogen-bond acceptors (Lipinski definition) is 2. The second-order valence-corrected chi connectivity index (χ2v) is 16.6. The minimum absolute atomic E-state index is 1.07. The largest absolute Gasteiger partial charge is 0.134 e. The van der Waals surface area contributed by atoms with Crippen LogP contribution in [0.5, 0.6) is 0 Å². The van der Waals surface area contributed by atoms with E-state index in [1.807, 2.05) is 47.0 Å². The number of allylic oxidation sites excluding steroid dienone is 8. The molecule has 58 heavy (non-hydrogen) atoms. The van der Waals surface area contributed by atoms with E-state index in [1.54, 1.807) is 0 Å². The van der Waals surface area contributed by atoms with E-state index >= 15 is 0 Å². The molecule has 2 heteroatoms. The summed E-state index contributed by atoms with van der Waals surface area (Å²) in [5.74, 6) is 0. The average molecular weight is 775 g/mol. The molecule has 0 aliphatic carbocycles. The Morgan fingerprint density at radius 1 is 0.448 bits per heavy atom. The van der Waals surface area contributed by atoms with Crippen molar-refractivity contribution in [3.8, 4) is 11.1 Å². The summed E-state index contributed by atoms with van der Waals surface area (Å²) in [6, 6.07) is 48.6. The fourth-order valence-electron chi connectivity index (χ4n) is 8.94. The Kier molecular flexibility index (Phi) is 8.94. The lowest BCUT2D eigenvalue weighted by Gasteiger charge is -2.20. The van der Waals surface area contributed by atoms with Crippen LogP contribution in [0.15, 0.2) is 196 Å². The van der Waals surface area contributed by atoms with E-state index in [0.29, 0.717) is 0 Å². The van der Waals surface area contributed by atoms with Crippen LogP contribution in [-0.4, -0.2) is 0 Å². The van der Waals surface area contributed by atoms with E-state index in [0.717, 1.165) is 33.4 Å². The molecule has 0 aliphatic rings. The molecule has 0 spiro atoms. The Hall–Kier alpha value is -6.84. The molecule has 274 valence electrons. The predicted octanol–water partition coefficient (Wildman–Crippen LogP) is 17.2. The van der Waals surface area contributed by atoms with E-state index in [4.69, 9.17) is 0 Å². The minimum atomic E-state index is 1.07. The zero-order valence-corrected chi connectivity index (χ0v) is 33.6. The number of rotatable bonds is 9. The third-order valence-electron chi connectivity index (χ3n) is 11.4. The molecule has 0 amide bonds. The van der Waals surface area contributed by atoms with Gasteiger partial charge in [-0.15, -0.1) is 22.7 Å². The standard InChI is InChI=1S/C56H38S2/c1-5-18-36(38-32-33-50-48(34-38)54-46-26-14-13-25-45(46)53-47-27-15-16-29-49(47)57-55(53)56(54)58-50)30-31-37(19-6-2)51-41-21-9-11-23-43(41)52(44-24-12-10-22-42(44)51)40-28-17-20-35(7-3)39(40)8-4/h5-34H,1-4H2/b31-30-,36-18-,37-19-. The van der Waals surface area contributed by atoms with Crippen LogP contribution in [0.3, 0.4) is 0 Å². The second kappa shape index (κ2) is 14.6. The molecular weight excluding hydrogens is 737 g/mol. The van der Waals surface area contributed by atoms with Crippen LogP contribution in [0.1, 0.15) is 22.3 Å². The zero-order chi connectivity index (χ0) is 39.3. The van der Waals surface area contributed by atoms with E-state index < -0.39 is 0 Å². The molecule has 0 saturated heterocycles. The van der Waals surface area contributed by atoms with Crippen LogP contribution >= 0.6 is 22.7 Å². The van der Waals surface area contributed by atoms with E-state index in [-0.39, 0.29) is 0 Å². The molecule has 0 aliphatic heterocycles. The van der Waals surface area contributed by atoms with Gasteiger partial charge in [0.05, 0.1) is 9.40 Å². The molecule has 0 saturated carbocycles. The Bertz CT molecular complexity index is 3410. The first-order chi connectivity index (χ1) is 28.6. The quantitative estimate of drug-likeness (QED) is 0.101. The maximum absolute atomic E-state index is 4.21. The third kappa shape index (κ3) is 5.56. The Morgan fingerprint density at radius 3 is 1.60 bits per heavy atom. The van der Waals surface area contributed by atoms with Crippen molar-refractivity contribution in [1.82, 2.24) is 0 Å². The van der Waals surface area contributed by atoms with E-state index in [2.05, 4.69) is 184 Å². The molecule has 10 aromatic rings. The third-order valence-corrected chi connectivity index (χ3v) is 13.9. The molecule has 10 rings (SSSR count). The van der Waals surface area contributed by atoms with Crippen molar-refractivity contribution in [3.63, 3.8) is 0 Å². The number of fused-ring (bicyclic) bond motifs is 12. The van der Waals surface area contributed by atoms with E-state index in [9.17, 15) is 0 Å².